The molecule has 1 aliphatic rings. The van der Waals surface area contributed by atoms with Crippen molar-refractivity contribution in [2.45, 2.75) is 52.2 Å². The summed E-state index contributed by atoms with van der Waals surface area (Å²) >= 11 is 6.52. The van der Waals surface area contributed by atoms with Gasteiger partial charge in [0.2, 0.25) is 21.8 Å². The van der Waals surface area contributed by atoms with Crippen LogP contribution in [0, 0.1) is 0 Å². The fraction of sp³-hybridized carbons (Fsp3) is 0.375. The van der Waals surface area contributed by atoms with Crippen molar-refractivity contribution in [1.82, 2.24) is 10.2 Å². The standard InChI is InChI=1S/C32H38ClN3O6S/c1-4-23(3)34-32(38)28(19-24-11-7-6-8-12-24)35(21-25-13-9-10-14-27(25)33)31(37)22-36(43(39,40)5-2)26-15-16-29-30(20-26)42-18-17-41-29/h6-16,20,23,28H,4-5,17-19,21-22H2,1-3H3,(H,34,38)/t23-,28+/m0/s1. The number of ether oxygens (including phenoxy) is 2. The number of amides is 2. The van der Waals surface area contributed by atoms with E-state index in [-0.39, 0.29) is 36.4 Å². The predicted octanol–water partition coefficient (Wildman–Crippen LogP) is 4.82. The van der Waals surface area contributed by atoms with Crippen LogP contribution in [0.25, 0.3) is 0 Å². The molecule has 0 aliphatic carbocycles. The highest BCUT2D eigenvalue weighted by Gasteiger charge is 2.34. The molecule has 0 unspecified atom stereocenters. The topological polar surface area (TPSA) is 105 Å². The molecule has 11 heteroatoms. The van der Waals surface area contributed by atoms with Gasteiger partial charge in [0.15, 0.2) is 11.5 Å². The van der Waals surface area contributed by atoms with Crippen LogP contribution < -0.4 is 19.1 Å². The van der Waals surface area contributed by atoms with E-state index in [0.29, 0.717) is 41.7 Å². The lowest BCUT2D eigenvalue weighted by Gasteiger charge is -2.34. The van der Waals surface area contributed by atoms with Gasteiger partial charge in [0.05, 0.1) is 11.4 Å². The van der Waals surface area contributed by atoms with Gasteiger partial charge < -0.3 is 19.7 Å². The normalized spacial score (nSPS) is 14.0. The molecule has 230 valence electrons. The molecule has 0 bridgehead atoms. The second-order valence-electron chi connectivity index (χ2n) is 10.4. The molecule has 9 nitrogen and oxygen atoms in total. The van der Waals surface area contributed by atoms with Gasteiger partial charge in [0.1, 0.15) is 25.8 Å². The first-order valence-electron chi connectivity index (χ1n) is 14.4. The first-order chi connectivity index (χ1) is 20.6. The number of hydrogen-bond acceptors (Lipinski definition) is 6. The number of benzene rings is 3. The van der Waals surface area contributed by atoms with Crippen molar-refractivity contribution in [1.29, 1.82) is 0 Å². The fourth-order valence-electron chi connectivity index (χ4n) is 4.71. The average Bonchev–Trinajstić information content (AvgIpc) is 3.02. The quantitative estimate of drug-likeness (QED) is 0.291. The molecule has 0 spiro atoms. The summed E-state index contributed by atoms with van der Waals surface area (Å²) in [5, 5.41) is 3.45. The summed E-state index contributed by atoms with van der Waals surface area (Å²) in [5.41, 5.74) is 1.76. The predicted molar refractivity (Wildman–Crippen MR) is 168 cm³/mol. The Morgan fingerprint density at radius 2 is 1.63 bits per heavy atom. The summed E-state index contributed by atoms with van der Waals surface area (Å²) in [7, 11) is -3.91. The molecule has 1 aliphatic heterocycles. The van der Waals surface area contributed by atoms with Crippen LogP contribution in [-0.2, 0) is 32.6 Å². The SMILES string of the molecule is CC[C@H](C)NC(=O)[C@@H](Cc1ccccc1)N(Cc1ccccc1Cl)C(=O)CN(c1ccc2c(c1)OCCO2)S(=O)(=O)CC. The van der Waals surface area contributed by atoms with E-state index in [1.165, 1.54) is 11.8 Å². The molecule has 2 amide bonds. The van der Waals surface area contributed by atoms with E-state index < -0.39 is 28.5 Å². The van der Waals surface area contributed by atoms with Gasteiger partial charge in [-0.3, -0.25) is 13.9 Å². The Morgan fingerprint density at radius 3 is 2.30 bits per heavy atom. The summed E-state index contributed by atoms with van der Waals surface area (Å²) < 4.78 is 39.1. The highest BCUT2D eigenvalue weighted by molar-refractivity contribution is 7.92. The Hall–Kier alpha value is -3.76. The number of rotatable bonds is 13. The molecule has 43 heavy (non-hydrogen) atoms. The zero-order valence-electron chi connectivity index (χ0n) is 24.7. The molecule has 0 fully saturated rings. The number of fused-ring (bicyclic) bond motifs is 1. The first kappa shape index (κ1) is 32.2. The van der Waals surface area contributed by atoms with Crippen molar-refractivity contribution in [3.8, 4) is 11.5 Å². The number of nitrogens with zero attached hydrogens (tertiary/aromatic N) is 2. The van der Waals surface area contributed by atoms with E-state index >= 15 is 0 Å². The van der Waals surface area contributed by atoms with Crippen molar-refractivity contribution in [3.05, 3.63) is 88.9 Å². The number of hydrogen-bond donors (Lipinski definition) is 1. The van der Waals surface area contributed by atoms with Crippen molar-refractivity contribution >= 4 is 39.1 Å². The lowest BCUT2D eigenvalue weighted by molar-refractivity contribution is -0.140. The number of carbonyl (C=O) groups excluding carboxylic acids is 2. The highest BCUT2D eigenvalue weighted by Crippen LogP contribution is 2.35. The van der Waals surface area contributed by atoms with Gasteiger partial charge in [0, 0.05) is 30.1 Å². The maximum absolute atomic E-state index is 14.3. The molecule has 1 N–H and O–H groups in total. The van der Waals surface area contributed by atoms with Crippen LogP contribution in [0.15, 0.2) is 72.8 Å². The van der Waals surface area contributed by atoms with E-state index in [4.69, 9.17) is 21.1 Å². The molecule has 4 rings (SSSR count). The number of anilines is 1. The van der Waals surface area contributed by atoms with Gasteiger partial charge in [0.25, 0.3) is 0 Å². The maximum Gasteiger partial charge on any atom is 0.244 e. The molecule has 2 atom stereocenters. The first-order valence-corrected chi connectivity index (χ1v) is 16.4. The maximum atomic E-state index is 14.3. The third-order valence-electron chi connectivity index (χ3n) is 7.36. The number of carbonyl (C=O) groups is 2. The Kier molecular flexibility index (Phi) is 10.9. The van der Waals surface area contributed by atoms with Crippen LogP contribution >= 0.6 is 11.6 Å². The van der Waals surface area contributed by atoms with Gasteiger partial charge in [-0.25, -0.2) is 8.42 Å². The van der Waals surface area contributed by atoms with Crippen molar-refractivity contribution < 1.29 is 27.5 Å². The third kappa shape index (κ3) is 8.20. The second-order valence-corrected chi connectivity index (χ2v) is 13.0. The molecule has 0 saturated carbocycles. The van der Waals surface area contributed by atoms with E-state index in [9.17, 15) is 18.0 Å². The summed E-state index contributed by atoms with van der Waals surface area (Å²) in [6, 6.07) is 20.2. The minimum Gasteiger partial charge on any atom is -0.486 e. The molecule has 0 radical (unpaired) electrons. The number of halogens is 1. The Bertz CT molecular complexity index is 1520. The lowest BCUT2D eigenvalue weighted by Crippen LogP contribution is -2.54. The van der Waals surface area contributed by atoms with Gasteiger partial charge >= 0.3 is 0 Å². The van der Waals surface area contributed by atoms with Crippen molar-refractivity contribution in [2.24, 2.45) is 0 Å². The molecule has 0 aromatic heterocycles. The average molecular weight is 628 g/mol. The monoisotopic (exact) mass is 627 g/mol. The number of sulfonamides is 1. The Balaban J connectivity index is 1.76. The smallest absolute Gasteiger partial charge is 0.244 e. The van der Waals surface area contributed by atoms with Crippen molar-refractivity contribution in [2.75, 3.05) is 29.8 Å². The van der Waals surface area contributed by atoms with Crippen LogP contribution in [0.3, 0.4) is 0 Å². The van der Waals surface area contributed by atoms with Crippen LogP contribution in [0.5, 0.6) is 11.5 Å². The second kappa shape index (κ2) is 14.6. The Labute approximate surface area is 258 Å². The Morgan fingerprint density at radius 1 is 0.953 bits per heavy atom. The summed E-state index contributed by atoms with van der Waals surface area (Å²) in [6.07, 6.45) is 0.929. The molecule has 0 saturated heterocycles. The van der Waals surface area contributed by atoms with Crippen LogP contribution in [0.1, 0.15) is 38.3 Å². The largest absolute Gasteiger partial charge is 0.486 e. The minimum atomic E-state index is -3.91. The fourth-order valence-corrected chi connectivity index (χ4v) is 5.96. The molecular weight excluding hydrogens is 590 g/mol. The minimum absolute atomic E-state index is 0.00504. The van der Waals surface area contributed by atoms with Gasteiger partial charge in [-0.2, -0.15) is 0 Å². The summed E-state index contributed by atoms with van der Waals surface area (Å²) in [6.45, 7) is 5.57. The van der Waals surface area contributed by atoms with E-state index in [1.54, 1.807) is 42.5 Å². The molecule has 3 aromatic carbocycles. The van der Waals surface area contributed by atoms with Crippen LogP contribution in [-0.4, -0.2) is 62.7 Å². The van der Waals surface area contributed by atoms with E-state index in [2.05, 4.69) is 5.32 Å². The lowest BCUT2D eigenvalue weighted by atomic mass is 10.0. The molecule has 1 heterocycles. The molecular formula is C32H38ClN3O6S. The van der Waals surface area contributed by atoms with Gasteiger partial charge in [-0.15, -0.1) is 0 Å². The zero-order chi connectivity index (χ0) is 31.0. The van der Waals surface area contributed by atoms with Crippen LogP contribution in [0.4, 0.5) is 5.69 Å². The summed E-state index contributed by atoms with van der Waals surface area (Å²) in [4.78, 5) is 29.6. The summed E-state index contributed by atoms with van der Waals surface area (Å²) in [5.74, 6) is -0.216. The van der Waals surface area contributed by atoms with Crippen molar-refractivity contribution in [3.63, 3.8) is 0 Å². The molecule has 3 aromatic rings. The van der Waals surface area contributed by atoms with Crippen LogP contribution in [0.2, 0.25) is 5.02 Å². The zero-order valence-corrected chi connectivity index (χ0v) is 26.2. The van der Waals surface area contributed by atoms with Gasteiger partial charge in [-0.05, 0) is 49.6 Å². The van der Waals surface area contributed by atoms with E-state index in [0.717, 1.165) is 9.87 Å². The van der Waals surface area contributed by atoms with E-state index in [1.807, 2.05) is 44.2 Å². The van der Waals surface area contributed by atoms with Gasteiger partial charge in [-0.1, -0.05) is 67.1 Å². The highest BCUT2D eigenvalue weighted by atomic mass is 35.5. The third-order valence-corrected chi connectivity index (χ3v) is 9.47. The number of nitrogens with one attached hydrogen (secondary N) is 1.